The summed E-state index contributed by atoms with van der Waals surface area (Å²) in [5.74, 6) is 1.82. The third-order valence-corrected chi connectivity index (χ3v) is 4.12. The SMILES string of the molecule is CN=C(NCc1ccc(N2CCN(C)CC2)nc1)NC(C)COC. The number of anilines is 1. The molecule has 0 bridgehead atoms. The highest BCUT2D eigenvalue weighted by Crippen LogP contribution is 2.13. The summed E-state index contributed by atoms with van der Waals surface area (Å²) < 4.78 is 5.13. The van der Waals surface area contributed by atoms with Crippen LogP contribution in [-0.4, -0.2) is 75.9 Å². The number of hydrogen-bond acceptors (Lipinski definition) is 5. The predicted octanol–water partition coefficient (Wildman–Crippen LogP) is 0.533. The van der Waals surface area contributed by atoms with Crippen LogP contribution in [0.5, 0.6) is 0 Å². The summed E-state index contributed by atoms with van der Waals surface area (Å²) in [6.45, 7) is 7.64. The minimum absolute atomic E-state index is 0.207. The molecule has 134 valence electrons. The number of likely N-dealkylation sites (N-methyl/N-ethyl adjacent to an activating group) is 1. The van der Waals surface area contributed by atoms with E-state index in [1.54, 1.807) is 14.2 Å². The zero-order chi connectivity index (χ0) is 17.4. The van der Waals surface area contributed by atoms with E-state index in [1.165, 1.54) is 0 Å². The third kappa shape index (κ3) is 5.65. The molecule has 1 aromatic heterocycles. The average molecular weight is 334 g/mol. The van der Waals surface area contributed by atoms with Crippen molar-refractivity contribution >= 4 is 11.8 Å². The summed E-state index contributed by atoms with van der Waals surface area (Å²) >= 11 is 0. The van der Waals surface area contributed by atoms with Gasteiger partial charge in [0.15, 0.2) is 5.96 Å². The maximum atomic E-state index is 5.13. The lowest BCUT2D eigenvalue weighted by Crippen LogP contribution is -2.44. The molecule has 0 radical (unpaired) electrons. The van der Waals surface area contributed by atoms with Gasteiger partial charge in [-0.1, -0.05) is 6.07 Å². The third-order valence-electron chi connectivity index (χ3n) is 4.12. The maximum absolute atomic E-state index is 5.13. The fourth-order valence-corrected chi connectivity index (χ4v) is 2.65. The molecule has 0 aliphatic carbocycles. The van der Waals surface area contributed by atoms with E-state index in [0.29, 0.717) is 13.2 Å². The molecule has 1 aromatic rings. The lowest BCUT2D eigenvalue weighted by atomic mass is 10.2. The van der Waals surface area contributed by atoms with Crippen LogP contribution < -0.4 is 15.5 Å². The number of rotatable bonds is 6. The zero-order valence-electron chi connectivity index (χ0n) is 15.2. The molecule has 0 aromatic carbocycles. The number of guanidine groups is 1. The second-order valence-corrected chi connectivity index (χ2v) is 6.24. The van der Waals surface area contributed by atoms with Crippen LogP contribution >= 0.6 is 0 Å². The molecule has 1 unspecified atom stereocenters. The largest absolute Gasteiger partial charge is 0.383 e. The molecule has 0 amide bonds. The van der Waals surface area contributed by atoms with Crippen molar-refractivity contribution in [1.82, 2.24) is 20.5 Å². The Bertz CT molecular complexity index is 510. The van der Waals surface area contributed by atoms with Gasteiger partial charge in [0, 0.05) is 59.1 Å². The van der Waals surface area contributed by atoms with E-state index < -0.39 is 0 Å². The summed E-state index contributed by atoms with van der Waals surface area (Å²) in [6, 6.07) is 4.44. The molecule has 1 saturated heterocycles. The quantitative estimate of drug-likeness (QED) is 0.585. The maximum Gasteiger partial charge on any atom is 0.191 e. The smallest absolute Gasteiger partial charge is 0.191 e. The Kier molecular flexibility index (Phi) is 7.27. The molecule has 1 atom stereocenters. The van der Waals surface area contributed by atoms with Crippen molar-refractivity contribution < 1.29 is 4.74 Å². The first-order chi connectivity index (χ1) is 11.6. The van der Waals surface area contributed by atoms with Gasteiger partial charge in [0.2, 0.25) is 0 Å². The van der Waals surface area contributed by atoms with E-state index in [-0.39, 0.29) is 6.04 Å². The van der Waals surface area contributed by atoms with Crippen molar-refractivity contribution in [2.45, 2.75) is 19.5 Å². The fraction of sp³-hybridized carbons (Fsp3) is 0.647. The standard InChI is InChI=1S/C17H30N6O/c1-14(13-24-4)21-17(18-2)20-12-15-5-6-16(19-11-15)23-9-7-22(3)8-10-23/h5-6,11,14H,7-10,12-13H2,1-4H3,(H2,18,20,21). The number of nitrogens with one attached hydrogen (secondary N) is 2. The van der Waals surface area contributed by atoms with Crippen molar-refractivity contribution in [3.8, 4) is 0 Å². The second kappa shape index (κ2) is 9.44. The van der Waals surface area contributed by atoms with Crippen LogP contribution in [0.4, 0.5) is 5.82 Å². The molecule has 7 nitrogen and oxygen atoms in total. The molecular formula is C17H30N6O. The van der Waals surface area contributed by atoms with Gasteiger partial charge >= 0.3 is 0 Å². The van der Waals surface area contributed by atoms with E-state index in [2.05, 4.69) is 56.5 Å². The van der Waals surface area contributed by atoms with E-state index in [0.717, 1.165) is 43.5 Å². The Morgan fingerprint density at radius 2 is 2.08 bits per heavy atom. The molecule has 1 aliphatic heterocycles. The van der Waals surface area contributed by atoms with E-state index in [1.807, 2.05) is 6.20 Å². The van der Waals surface area contributed by atoms with Gasteiger partial charge in [0.25, 0.3) is 0 Å². The van der Waals surface area contributed by atoms with Crippen molar-refractivity contribution in [1.29, 1.82) is 0 Å². The molecule has 2 N–H and O–H groups in total. The zero-order valence-corrected chi connectivity index (χ0v) is 15.2. The van der Waals surface area contributed by atoms with Crippen LogP contribution in [0.3, 0.4) is 0 Å². The summed E-state index contributed by atoms with van der Waals surface area (Å²) in [5.41, 5.74) is 1.13. The van der Waals surface area contributed by atoms with Crippen LogP contribution in [0, 0.1) is 0 Å². The number of nitrogens with zero attached hydrogens (tertiary/aromatic N) is 4. The summed E-state index contributed by atoms with van der Waals surface area (Å²) in [4.78, 5) is 13.5. The van der Waals surface area contributed by atoms with Crippen LogP contribution in [-0.2, 0) is 11.3 Å². The number of aromatic nitrogens is 1. The highest BCUT2D eigenvalue weighted by Gasteiger charge is 2.14. The van der Waals surface area contributed by atoms with E-state index in [9.17, 15) is 0 Å². The van der Waals surface area contributed by atoms with Gasteiger partial charge in [0.1, 0.15) is 5.82 Å². The molecule has 7 heteroatoms. The topological polar surface area (TPSA) is 65.0 Å². The molecule has 0 spiro atoms. The van der Waals surface area contributed by atoms with Gasteiger partial charge in [-0.25, -0.2) is 4.98 Å². The first-order valence-electron chi connectivity index (χ1n) is 8.47. The fourth-order valence-electron chi connectivity index (χ4n) is 2.65. The Labute approximate surface area is 145 Å². The molecule has 2 rings (SSSR count). The van der Waals surface area contributed by atoms with Crippen molar-refractivity contribution in [2.75, 3.05) is 58.9 Å². The predicted molar refractivity (Wildman–Crippen MR) is 98.6 cm³/mol. The highest BCUT2D eigenvalue weighted by atomic mass is 16.5. The number of ether oxygens (including phenoxy) is 1. The van der Waals surface area contributed by atoms with Gasteiger partial charge in [-0.2, -0.15) is 0 Å². The average Bonchev–Trinajstić information content (AvgIpc) is 2.60. The van der Waals surface area contributed by atoms with E-state index >= 15 is 0 Å². The Hall–Kier alpha value is -1.86. The second-order valence-electron chi connectivity index (χ2n) is 6.24. The van der Waals surface area contributed by atoms with Crippen LogP contribution in [0.1, 0.15) is 12.5 Å². The number of methoxy groups -OCH3 is 1. The molecule has 1 aliphatic rings. The minimum Gasteiger partial charge on any atom is -0.383 e. The van der Waals surface area contributed by atoms with Gasteiger partial charge in [-0.3, -0.25) is 4.99 Å². The first-order valence-corrected chi connectivity index (χ1v) is 8.47. The molecule has 24 heavy (non-hydrogen) atoms. The number of aliphatic imine (C=N–C) groups is 1. The lowest BCUT2D eigenvalue weighted by molar-refractivity contribution is 0.179. The van der Waals surface area contributed by atoms with Gasteiger partial charge < -0.3 is 25.2 Å². The number of piperazine rings is 1. The Morgan fingerprint density at radius 3 is 2.67 bits per heavy atom. The van der Waals surface area contributed by atoms with Crippen molar-refractivity contribution in [2.24, 2.45) is 4.99 Å². The van der Waals surface area contributed by atoms with Gasteiger partial charge in [0.05, 0.1) is 6.61 Å². The van der Waals surface area contributed by atoms with Crippen LogP contribution in [0.15, 0.2) is 23.3 Å². The first kappa shape index (κ1) is 18.5. The normalized spacial score (nSPS) is 17.7. The molecule has 2 heterocycles. The molecule has 1 fully saturated rings. The van der Waals surface area contributed by atoms with Crippen LogP contribution in [0.2, 0.25) is 0 Å². The van der Waals surface area contributed by atoms with Crippen LogP contribution in [0.25, 0.3) is 0 Å². The van der Waals surface area contributed by atoms with E-state index in [4.69, 9.17) is 4.74 Å². The number of pyridine rings is 1. The summed E-state index contributed by atoms with van der Waals surface area (Å²) in [6.07, 6.45) is 1.94. The lowest BCUT2D eigenvalue weighted by Gasteiger charge is -2.33. The van der Waals surface area contributed by atoms with Gasteiger partial charge in [-0.05, 0) is 25.6 Å². The summed E-state index contributed by atoms with van der Waals surface area (Å²) in [5, 5.41) is 6.59. The highest BCUT2D eigenvalue weighted by molar-refractivity contribution is 5.79. The van der Waals surface area contributed by atoms with Gasteiger partial charge in [-0.15, -0.1) is 0 Å². The summed E-state index contributed by atoms with van der Waals surface area (Å²) in [7, 11) is 5.62. The minimum atomic E-state index is 0.207. The monoisotopic (exact) mass is 334 g/mol. The number of hydrogen-bond donors (Lipinski definition) is 2. The molecular weight excluding hydrogens is 304 g/mol. The Balaban J connectivity index is 1.83. The Morgan fingerprint density at radius 1 is 1.33 bits per heavy atom. The molecule has 0 saturated carbocycles. The van der Waals surface area contributed by atoms with Crippen molar-refractivity contribution in [3.05, 3.63) is 23.9 Å². The van der Waals surface area contributed by atoms with Crippen molar-refractivity contribution in [3.63, 3.8) is 0 Å².